The van der Waals surface area contributed by atoms with E-state index >= 15 is 0 Å². The second-order valence-corrected chi connectivity index (χ2v) is 4.37. The molecule has 98 valence electrons. The minimum absolute atomic E-state index is 0.148. The fourth-order valence-corrected chi connectivity index (χ4v) is 2.09. The number of rotatable bonds is 2. The third-order valence-corrected chi connectivity index (χ3v) is 3.03. The van der Waals surface area contributed by atoms with Crippen molar-refractivity contribution in [2.75, 3.05) is 7.11 Å². The Morgan fingerprint density at radius 3 is 2.68 bits per heavy atom. The van der Waals surface area contributed by atoms with Crippen LogP contribution in [0.5, 0.6) is 0 Å². The van der Waals surface area contributed by atoms with Gasteiger partial charge in [-0.3, -0.25) is 15.1 Å². The van der Waals surface area contributed by atoms with Gasteiger partial charge in [0.05, 0.1) is 22.6 Å². The van der Waals surface area contributed by atoms with E-state index in [1.807, 2.05) is 0 Å². The van der Waals surface area contributed by atoms with E-state index in [4.69, 9.17) is 23.2 Å². The van der Waals surface area contributed by atoms with Crippen LogP contribution in [0.2, 0.25) is 10.0 Å². The fraction of sp³-hybridized carbons (Fsp3) is 0.0909. The number of nitro benzene ring substituents is 1. The molecule has 0 N–H and O–H groups in total. The van der Waals surface area contributed by atoms with E-state index in [1.54, 1.807) is 0 Å². The van der Waals surface area contributed by atoms with E-state index in [9.17, 15) is 14.9 Å². The summed E-state index contributed by atoms with van der Waals surface area (Å²) < 4.78 is 4.57. The maximum Gasteiger partial charge on any atom is 0.341 e. The summed E-state index contributed by atoms with van der Waals surface area (Å²) in [4.78, 5) is 25.9. The SMILES string of the molecule is COC(=O)c1c(Cl)c([N+](=O)[O-])cc2cc(Cl)cnc12. The van der Waals surface area contributed by atoms with Gasteiger partial charge in [-0.05, 0) is 6.07 Å². The number of ether oxygens (including phenoxy) is 1. The second-order valence-electron chi connectivity index (χ2n) is 3.56. The third-order valence-electron chi connectivity index (χ3n) is 2.44. The van der Waals surface area contributed by atoms with E-state index in [1.165, 1.54) is 18.3 Å². The van der Waals surface area contributed by atoms with Crippen LogP contribution in [-0.4, -0.2) is 23.0 Å². The zero-order valence-electron chi connectivity index (χ0n) is 9.52. The first-order valence-corrected chi connectivity index (χ1v) is 5.71. The molecule has 1 heterocycles. The lowest BCUT2D eigenvalue weighted by Gasteiger charge is -2.07. The lowest BCUT2D eigenvalue weighted by Crippen LogP contribution is -2.06. The first-order chi connectivity index (χ1) is 8.95. The minimum Gasteiger partial charge on any atom is -0.465 e. The molecule has 0 aliphatic carbocycles. The van der Waals surface area contributed by atoms with Gasteiger partial charge in [-0.15, -0.1) is 0 Å². The number of carbonyl (C=O) groups is 1. The quantitative estimate of drug-likeness (QED) is 0.483. The summed E-state index contributed by atoms with van der Waals surface area (Å²) in [5.74, 6) is -0.798. The molecule has 0 saturated carbocycles. The number of methoxy groups -OCH3 is 1. The van der Waals surface area contributed by atoms with Gasteiger partial charge in [0.1, 0.15) is 10.6 Å². The zero-order chi connectivity index (χ0) is 14.2. The molecule has 2 aromatic rings. The molecule has 0 saturated heterocycles. The number of fused-ring (bicyclic) bond motifs is 1. The molecule has 2 rings (SSSR count). The molecule has 6 nitrogen and oxygen atoms in total. The van der Waals surface area contributed by atoms with Crippen LogP contribution >= 0.6 is 23.2 Å². The van der Waals surface area contributed by atoms with Gasteiger partial charge >= 0.3 is 5.97 Å². The normalized spacial score (nSPS) is 10.5. The molecule has 0 radical (unpaired) electrons. The lowest BCUT2D eigenvalue weighted by atomic mass is 10.1. The van der Waals surface area contributed by atoms with Crippen molar-refractivity contribution in [2.45, 2.75) is 0 Å². The Kier molecular flexibility index (Phi) is 3.55. The number of hydrogen-bond donors (Lipinski definition) is 0. The highest BCUT2D eigenvalue weighted by Gasteiger charge is 2.25. The van der Waals surface area contributed by atoms with Crippen molar-refractivity contribution in [3.8, 4) is 0 Å². The molecule has 0 atom stereocenters. The van der Waals surface area contributed by atoms with Crippen molar-refractivity contribution < 1.29 is 14.5 Å². The summed E-state index contributed by atoms with van der Waals surface area (Å²) in [6, 6.07) is 2.67. The highest BCUT2D eigenvalue weighted by molar-refractivity contribution is 6.37. The average Bonchev–Trinajstić information content (AvgIpc) is 2.37. The molecule has 1 aromatic carbocycles. The average molecular weight is 301 g/mol. The molecule has 0 amide bonds. The molecular formula is C11H6Cl2N2O4. The molecule has 8 heteroatoms. The van der Waals surface area contributed by atoms with E-state index in [2.05, 4.69) is 9.72 Å². The molecule has 0 aliphatic rings. The van der Waals surface area contributed by atoms with E-state index in [0.717, 1.165) is 7.11 Å². The van der Waals surface area contributed by atoms with Crippen LogP contribution in [0.25, 0.3) is 10.9 Å². The fourth-order valence-electron chi connectivity index (χ4n) is 1.64. The second kappa shape index (κ2) is 4.99. The number of nitro groups is 1. The van der Waals surface area contributed by atoms with Gasteiger partial charge in [-0.2, -0.15) is 0 Å². The molecular weight excluding hydrogens is 295 g/mol. The Morgan fingerprint density at radius 1 is 1.42 bits per heavy atom. The minimum atomic E-state index is -0.798. The molecule has 1 aromatic heterocycles. The smallest absolute Gasteiger partial charge is 0.341 e. The number of hydrogen-bond acceptors (Lipinski definition) is 5. The predicted octanol–water partition coefficient (Wildman–Crippen LogP) is 3.24. The summed E-state index contributed by atoms with van der Waals surface area (Å²) in [5, 5.41) is 11.3. The van der Waals surface area contributed by atoms with Gasteiger partial charge in [0.15, 0.2) is 0 Å². The Hall–Kier alpha value is -1.92. The molecule has 0 aliphatic heterocycles. The zero-order valence-corrected chi connectivity index (χ0v) is 11.0. The van der Waals surface area contributed by atoms with Crippen LogP contribution < -0.4 is 0 Å². The highest BCUT2D eigenvalue weighted by Crippen LogP contribution is 2.35. The molecule has 0 unspecified atom stereocenters. The van der Waals surface area contributed by atoms with E-state index < -0.39 is 16.6 Å². The Morgan fingerprint density at radius 2 is 2.11 bits per heavy atom. The van der Waals surface area contributed by atoms with E-state index in [0.29, 0.717) is 10.4 Å². The van der Waals surface area contributed by atoms with Gasteiger partial charge in [0, 0.05) is 17.6 Å². The van der Waals surface area contributed by atoms with Crippen LogP contribution in [0, 0.1) is 10.1 Å². The van der Waals surface area contributed by atoms with Gasteiger partial charge in [-0.1, -0.05) is 23.2 Å². The maximum atomic E-state index is 11.7. The topological polar surface area (TPSA) is 82.3 Å². The van der Waals surface area contributed by atoms with Crippen molar-refractivity contribution in [1.82, 2.24) is 4.98 Å². The summed E-state index contributed by atoms with van der Waals surface area (Å²) >= 11 is 11.7. The summed E-state index contributed by atoms with van der Waals surface area (Å²) in [6.45, 7) is 0. The number of nitrogens with zero attached hydrogens (tertiary/aromatic N) is 2. The van der Waals surface area contributed by atoms with Gasteiger partial charge in [0.2, 0.25) is 0 Å². The van der Waals surface area contributed by atoms with Crippen molar-refractivity contribution in [3.63, 3.8) is 0 Å². The summed E-state index contributed by atoms with van der Waals surface area (Å²) in [5.41, 5.74) is -0.351. The standard InChI is InChI=1S/C11H6Cl2N2O4/c1-19-11(16)8-9(13)7(15(17)18)3-5-2-6(12)4-14-10(5)8/h2-4H,1H3. The monoisotopic (exact) mass is 300 g/mol. The van der Waals surface area contributed by atoms with Crippen LogP contribution in [-0.2, 0) is 4.74 Å². The third kappa shape index (κ3) is 2.32. The van der Waals surface area contributed by atoms with Crippen molar-refractivity contribution in [2.24, 2.45) is 0 Å². The lowest BCUT2D eigenvalue weighted by molar-refractivity contribution is -0.384. The first kappa shape index (κ1) is 13.5. The molecule has 0 spiro atoms. The van der Waals surface area contributed by atoms with Gasteiger partial charge in [0.25, 0.3) is 5.69 Å². The largest absolute Gasteiger partial charge is 0.465 e. The predicted molar refractivity (Wildman–Crippen MR) is 69.8 cm³/mol. The van der Waals surface area contributed by atoms with Gasteiger partial charge < -0.3 is 4.74 Å². The number of carbonyl (C=O) groups excluding carboxylic acids is 1. The number of aromatic nitrogens is 1. The van der Waals surface area contributed by atoms with Crippen LogP contribution in [0.4, 0.5) is 5.69 Å². The Bertz CT molecular complexity index is 703. The molecule has 19 heavy (non-hydrogen) atoms. The number of esters is 1. The Labute approximate surface area is 117 Å². The first-order valence-electron chi connectivity index (χ1n) is 4.96. The molecule has 0 fully saturated rings. The van der Waals surface area contributed by atoms with Crippen molar-refractivity contribution in [3.05, 3.63) is 44.1 Å². The number of pyridine rings is 1. The van der Waals surface area contributed by atoms with Crippen molar-refractivity contribution in [1.29, 1.82) is 0 Å². The number of halogens is 2. The summed E-state index contributed by atoms with van der Waals surface area (Å²) in [6.07, 6.45) is 1.32. The maximum absolute atomic E-state index is 11.7. The van der Waals surface area contributed by atoms with Gasteiger partial charge in [-0.25, -0.2) is 4.79 Å². The Balaban J connectivity index is 2.92. The van der Waals surface area contributed by atoms with Crippen molar-refractivity contribution >= 4 is 45.8 Å². The molecule has 0 bridgehead atoms. The van der Waals surface area contributed by atoms with Crippen LogP contribution in [0.3, 0.4) is 0 Å². The van der Waals surface area contributed by atoms with Crippen LogP contribution in [0.15, 0.2) is 18.3 Å². The van der Waals surface area contributed by atoms with E-state index in [-0.39, 0.29) is 16.1 Å². The number of benzene rings is 1. The summed E-state index contributed by atoms with van der Waals surface area (Å²) in [7, 11) is 1.15. The van der Waals surface area contributed by atoms with Crippen LogP contribution in [0.1, 0.15) is 10.4 Å². The highest BCUT2D eigenvalue weighted by atomic mass is 35.5.